The third-order valence-corrected chi connectivity index (χ3v) is 2.54. The van der Waals surface area contributed by atoms with Gasteiger partial charge in [0.25, 0.3) is 0 Å². The number of rotatable bonds is 0. The van der Waals surface area contributed by atoms with E-state index in [9.17, 15) is 13.2 Å². The molecule has 1 aromatic rings. The van der Waals surface area contributed by atoms with E-state index in [2.05, 4.69) is 4.98 Å². The third kappa shape index (κ3) is 1.61. The van der Waals surface area contributed by atoms with Crippen LogP contribution in [0.5, 0.6) is 0 Å². The molecule has 0 saturated carbocycles. The van der Waals surface area contributed by atoms with Crippen LogP contribution in [0.2, 0.25) is 0 Å². The maximum Gasteiger partial charge on any atom is 0.433 e. The molecule has 0 unspecified atom stereocenters. The van der Waals surface area contributed by atoms with Crippen molar-refractivity contribution in [2.75, 3.05) is 0 Å². The molecule has 0 bridgehead atoms. The quantitative estimate of drug-likeness (QED) is 0.628. The summed E-state index contributed by atoms with van der Waals surface area (Å²) in [6, 6.07) is 1.70. The first-order valence-electron chi connectivity index (χ1n) is 4.63. The molecule has 0 radical (unpaired) electrons. The van der Waals surface area contributed by atoms with Crippen LogP contribution in [0.1, 0.15) is 29.7 Å². The summed E-state index contributed by atoms with van der Waals surface area (Å²) in [7, 11) is 0. The van der Waals surface area contributed by atoms with Crippen LogP contribution in [0.4, 0.5) is 13.2 Å². The smallest absolute Gasteiger partial charge is 0.251 e. The van der Waals surface area contributed by atoms with Gasteiger partial charge in [0.15, 0.2) is 0 Å². The summed E-state index contributed by atoms with van der Waals surface area (Å²) in [6.07, 6.45) is 0.0324. The molecule has 1 aromatic heterocycles. The Morgan fingerprint density at radius 2 is 1.86 bits per heavy atom. The molecule has 1 aliphatic rings. The Morgan fingerprint density at radius 3 is 2.57 bits per heavy atom. The molecule has 0 aliphatic heterocycles. The van der Waals surface area contributed by atoms with Crippen molar-refractivity contribution in [1.82, 2.24) is 4.98 Å². The molecule has 4 heteroatoms. The van der Waals surface area contributed by atoms with Gasteiger partial charge in [0.2, 0.25) is 0 Å². The Labute approximate surface area is 80.0 Å². The molecule has 0 N–H and O–H groups in total. The molecule has 0 atom stereocenters. The van der Waals surface area contributed by atoms with Gasteiger partial charge in [-0.2, -0.15) is 13.2 Å². The molecule has 1 nitrogen and oxygen atoms in total. The number of fused-ring (bicyclic) bond motifs is 1. The topological polar surface area (TPSA) is 12.9 Å². The lowest BCUT2D eigenvalue weighted by Crippen LogP contribution is -2.16. The van der Waals surface area contributed by atoms with E-state index in [-0.39, 0.29) is 0 Å². The van der Waals surface area contributed by atoms with E-state index in [0.717, 1.165) is 24.8 Å². The van der Waals surface area contributed by atoms with Crippen molar-refractivity contribution >= 4 is 0 Å². The molecule has 0 amide bonds. The van der Waals surface area contributed by atoms with Crippen LogP contribution in [0.3, 0.4) is 0 Å². The lowest BCUT2D eigenvalue weighted by Gasteiger charge is -2.19. The van der Waals surface area contributed by atoms with E-state index in [1.165, 1.54) is 6.20 Å². The van der Waals surface area contributed by atoms with Gasteiger partial charge in [-0.3, -0.25) is 4.98 Å². The molecule has 76 valence electrons. The number of aryl methyl sites for hydroxylation is 1. The molecule has 0 spiro atoms. The average Bonchev–Trinajstić information content (AvgIpc) is 2.15. The van der Waals surface area contributed by atoms with E-state index in [4.69, 9.17) is 0 Å². The maximum atomic E-state index is 12.5. The summed E-state index contributed by atoms with van der Waals surface area (Å²) in [4.78, 5) is 3.44. The maximum absolute atomic E-state index is 12.5. The van der Waals surface area contributed by atoms with Crippen molar-refractivity contribution in [1.29, 1.82) is 0 Å². The molecule has 2 rings (SSSR count). The minimum absolute atomic E-state index is 0.409. The highest BCUT2D eigenvalue weighted by atomic mass is 19.4. The summed E-state index contributed by atoms with van der Waals surface area (Å²) in [5.41, 5.74) is 0.541. The molecular weight excluding hydrogens is 191 g/mol. The summed E-state index contributed by atoms with van der Waals surface area (Å²) < 4.78 is 37.5. The SMILES string of the molecule is FC(F)(F)c1nccc2c1CCCC2. The highest BCUT2D eigenvalue weighted by Crippen LogP contribution is 2.34. The molecule has 1 aliphatic carbocycles. The number of nitrogens with zero attached hydrogens (tertiary/aromatic N) is 1. The van der Waals surface area contributed by atoms with Crippen LogP contribution < -0.4 is 0 Å². The van der Waals surface area contributed by atoms with E-state index >= 15 is 0 Å². The summed E-state index contributed by atoms with van der Waals surface area (Å²) in [5.74, 6) is 0. The van der Waals surface area contributed by atoms with Crippen LogP contribution >= 0.6 is 0 Å². The minimum Gasteiger partial charge on any atom is -0.251 e. The number of hydrogen-bond acceptors (Lipinski definition) is 1. The zero-order valence-electron chi connectivity index (χ0n) is 7.56. The van der Waals surface area contributed by atoms with Gasteiger partial charge in [0, 0.05) is 6.20 Å². The Kier molecular flexibility index (Phi) is 2.21. The number of aromatic nitrogens is 1. The predicted octanol–water partition coefficient (Wildman–Crippen LogP) is 2.98. The zero-order valence-corrected chi connectivity index (χ0v) is 7.56. The number of pyridine rings is 1. The van der Waals surface area contributed by atoms with Crippen LogP contribution in [-0.4, -0.2) is 4.98 Å². The highest BCUT2D eigenvalue weighted by Gasteiger charge is 2.36. The summed E-state index contributed by atoms with van der Waals surface area (Å²) >= 11 is 0. The second-order valence-electron chi connectivity index (χ2n) is 3.50. The molecule has 0 aromatic carbocycles. The van der Waals surface area contributed by atoms with Gasteiger partial charge in [-0.1, -0.05) is 0 Å². The Bertz CT molecular complexity index is 344. The highest BCUT2D eigenvalue weighted by molar-refractivity contribution is 5.33. The Morgan fingerprint density at radius 1 is 1.14 bits per heavy atom. The predicted molar refractivity (Wildman–Crippen MR) is 45.9 cm³/mol. The standard InChI is InChI=1S/C10H10F3N/c11-10(12,13)9-8-4-2-1-3-7(8)5-6-14-9/h5-6H,1-4H2. The van der Waals surface area contributed by atoms with Crippen LogP contribution in [0, 0.1) is 0 Å². The fourth-order valence-electron chi connectivity index (χ4n) is 1.91. The molecular formula is C10H10F3N. The van der Waals surface area contributed by atoms with Crippen molar-refractivity contribution in [3.05, 3.63) is 29.1 Å². The molecule has 14 heavy (non-hydrogen) atoms. The van der Waals surface area contributed by atoms with Gasteiger partial charge in [-0.05, 0) is 42.9 Å². The second-order valence-corrected chi connectivity index (χ2v) is 3.50. The van der Waals surface area contributed by atoms with Gasteiger partial charge in [0.1, 0.15) is 5.69 Å². The Hall–Kier alpha value is -1.06. The van der Waals surface area contributed by atoms with Crippen molar-refractivity contribution in [2.24, 2.45) is 0 Å². The van der Waals surface area contributed by atoms with Crippen molar-refractivity contribution < 1.29 is 13.2 Å². The first-order chi connectivity index (χ1) is 6.59. The van der Waals surface area contributed by atoms with Gasteiger partial charge in [0.05, 0.1) is 0 Å². The minimum atomic E-state index is -4.30. The first-order valence-corrected chi connectivity index (χ1v) is 4.63. The zero-order chi connectivity index (χ0) is 10.2. The van der Waals surface area contributed by atoms with E-state index in [0.29, 0.717) is 12.0 Å². The fraction of sp³-hybridized carbons (Fsp3) is 0.500. The van der Waals surface area contributed by atoms with Crippen LogP contribution in [0.25, 0.3) is 0 Å². The lowest BCUT2D eigenvalue weighted by molar-refractivity contribution is -0.141. The Balaban J connectivity index is 2.51. The van der Waals surface area contributed by atoms with E-state index in [1.54, 1.807) is 6.07 Å². The van der Waals surface area contributed by atoms with Gasteiger partial charge in [-0.15, -0.1) is 0 Å². The lowest BCUT2D eigenvalue weighted by atomic mass is 9.91. The van der Waals surface area contributed by atoms with Gasteiger partial charge >= 0.3 is 6.18 Å². The first kappa shape index (κ1) is 9.49. The third-order valence-electron chi connectivity index (χ3n) is 2.54. The molecule has 0 fully saturated rings. The van der Waals surface area contributed by atoms with E-state index in [1.807, 2.05) is 0 Å². The van der Waals surface area contributed by atoms with Gasteiger partial charge in [-0.25, -0.2) is 0 Å². The largest absolute Gasteiger partial charge is 0.433 e. The summed E-state index contributed by atoms with van der Waals surface area (Å²) in [5, 5.41) is 0. The summed E-state index contributed by atoms with van der Waals surface area (Å²) in [6.45, 7) is 0. The molecule has 0 saturated heterocycles. The van der Waals surface area contributed by atoms with Crippen molar-refractivity contribution in [3.63, 3.8) is 0 Å². The van der Waals surface area contributed by atoms with Crippen molar-refractivity contribution in [3.8, 4) is 0 Å². The van der Waals surface area contributed by atoms with Gasteiger partial charge < -0.3 is 0 Å². The monoisotopic (exact) mass is 201 g/mol. The molecule has 1 heterocycles. The number of alkyl halides is 3. The average molecular weight is 201 g/mol. The van der Waals surface area contributed by atoms with Crippen molar-refractivity contribution in [2.45, 2.75) is 31.9 Å². The van der Waals surface area contributed by atoms with Crippen LogP contribution in [-0.2, 0) is 19.0 Å². The fourth-order valence-corrected chi connectivity index (χ4v) is 1.91. The normalized spacial score (nSPS) is 16.5. The number of hydrogen-bond donors (Lipinski definition) is 0. The number of halogens is 3. The van der Waals surface area contributed by atoms with Crippen LogP contribution in [0.15, 0.2) is 12.3 Å². The van der Waals surface area contributed by atoms with E-state index < -0.39 is 11.9 Å². The second kappa shape index (κ2) is 3.26.